The SMILES string of the molecule is CCCOc1ccccc1Oc1nccnc1CN. The van der Waals surface area contributed by atoms with Crippen molar-refractivity contribution < 1.29 is 9.47 Å². The lowest BCUT2D eigenvalue weighted by Crippen LogP contribution is -2.04. The summed E-state index contributed by atoms with van der Waals surface area (Å²) >= 11 is 0. The fourth-order valence-corrected chi connectivity index (χ4v) is 1.55. The average Bonchev–Trinajstić information content (AvgIpc) is 2.47. The molecule has 2 rings (SSSR count). The molecule has 2 N–H and O–H groups in total. The monoisotopic (exact) mass is 259 g/mol. The van der Waals surface area contributed by atoms with Crippen LogP contribution < -0.4 is 15.2 Å². The Balaban J connectivity index is 2.22. The summed E-state index contributed by atoms with van der Waals surface area (Å²) in [5.74, 6) is 1.72. The Morgan fingerprint density at radius 3 is 2.58 bits per heavy atom. The first-order valence-corrected chi connectivity index (χ1v) is 6.24. The van der Waals surface area contributed by atoms with E-state index in [4.69, 9.17) is 15.2 Å². The van der Waals surface area contributed by atoms with Crippen LogP contribution in [0.5, 0.6) is 17.4 Å². The van der Waals surface area contributed by atoms with E-state index in [1.54, 1.807) is 12.4 Å². The van der Waals surface area contributed by atoms with Gasteiger partial charge in [0, 0.05) is 18.9 Å². The molecule has 0 aliphatic heterocycles. The third kappa shape index (κ3) is 3.42. The number of ether oxygens (including phenoxy) is 2. The molecule has 0 aliphatic rings. The van der Waals surface area contributed by atoms with Crippen LogP contribution in [0.15, 0.2) is 36.7 Å². The second-order valence-corrected chi connectivity index (χ2v) is 3.91. The van der Waals surface area contributed by atoms with Gasteiger partial charge < -0.3 is 15.2 Å². The van der Waals surface area contributed by atoms with Gasteiger partial charge in [0.05, 0.1) is 6.61 Å². The normalized spacial score (nSPS) is 10.2. The van der Waals surface area contributed by atoms with Gasteiger partial charge in [-0.3, -0.25) is 4.98 Å². The van der Waals surface area contributed by atoms with Crippen molar-refractivity contribution in [3.8, 4) is 17.4 Å². The van der Waals surface area contributed by atoms with Gasteiger partial charge in [-0.2, -0.15) is 0 Å². The van der Waals surface area contributed by atoms with Gasteiger partial charge in [0.1, 0.15) is 5.69 Å². The highest BCUT2D eigenvalue weighted by atomic mass is 16.5. The summed E-state index contributed by atoms with van der Waals surface area (Å²) in [6, 6.07) is 7.48. The molecule has 100 valence electrons. The summed E-state index contributed by atoms with van der Waals surface area (Å²) in [6.07, 6.45) is 4.10. The summed E-state index contributed by atoms with van der Waals surface area (Å²) in [4.78, 5) is 8.28. The van der Waals surface area contributed by atoms with Crippen LogP contribution in [0.1, 0.15) is 19.0 Å². The average molecular weight is 259 g/mol. The Kier molecular flexibility index (Phi) is 4.69. The first-order valence-electron chi connectivity index (χ1n) is 6.24. The van der Waals surface area contributed by atoms with Crippen LogP contribution in [0.3, 0.4) is 0 Å². The lowest BCUT2D eigenvalue weighted by molar-refractivity contribution is 0.300. The van der Waals surface area contributed by atoms with Crippen molar-refractivity contribution in [3.63, 3.8) is 0 Å². The van der Waals surface area contributed by atoms with Crippen LogP contribution >= 0.6 is 0 Å². The molecule has 0 unspecified atom stereocenters. The Morgan fingerprint density at radius 1 is 1.11 bits per heavy atom. The summed E-state index contributed by atoms with van der Waals surface area (Å²) in [7, 11) is 0. The van der Waals surface area contributed by atoms with Gasteiger partial charge in [-0.15, -0.1) is 0 Å². The van der Waals surface area contributed by atoms with Crippen molar-refractivity contribution >= 4 is 0 Å². The number of rotatable bonds is 6. The number of hydrogen-bond acceptors (Lipinski definition) is 5. The van der Waals surface area contributed by atoms with Gasteiger partial charge in [0.25, 0.3) is 0 Å². The smallest absolute Gasteiger partial charge is 0.242 e. The van der Waals surface area contributed by atoms with Crippen LogP contribution in [0.4, 0.5) is 0 Å². The Bertz CT molecular complexity index is 532. The molecule has 0 radical (unpaired) electrons. The Labute approximate surface area is 112 Å². The number of benzene rings is 1. The highest BCUT2D eigenvalue weighted by Gasteiger charge is 2.10. The van der Waals surface area contributed by atoms with Crippen molar-refractivity contribution in [2.45, 2.75) is 19.9 Å². The maximum absolute atomic E-state index is 5.75. The number of aromatic nitrogens is 2. The zero-order chi connectivity index (χ0) is 13.5. The Hall–Kier alpha value is -2.14. The zero-order valence-corrected chi connectivity index (χ0v) is 10.9. The van der Waals surface area contributed by atoms with Crippen LogP contribution in [0.2, 0.25) is 0 Å². The van der Waals surface area contributed by atoms with Gasteiger partial charge in [0.15, 0.2) is 11.5 Å². The summed E-state index contributed by atoms with van der Waals surface area (Å²) in [5, 5.41) is 0. The van der Waals surface area contributed by atoms with E-state index in [-0.39, 0.29) is 6.54 Å². The van der Waals surface area contributed by atoms with E-state index in [1.807, 2.05) is 24.3 Å². The fraction of sp³-hybridized carbons (Fsp3) is 0.286. The molecule has 5 heteroatoms. The molecular formula is C14H17N3O2. The van der Waals surface area contributed by atoms with Gasteiger partial charge >= 0.3 is 0 Å². The van der Waals surface area contributed by atoms with Crippen molar-refractivity contribution in [1.82, 2.24) is 9.97 Å². The standard InChI is InChI=1S/C14H17N3O2/c1-2-9-18-12-5-3-4-6-13(12)19-14-11(10-15)16-7-8-17-14/h3-8H,2,9-10,15H2,1H3. The molecule has 1 heterocycles. The largest absolute Gasteiger partial charge is 0.490 e. The lowest BCUT2D eigenvalue weighted by atomic mass is 10.3. The summed E-state index contributed by atoms with van der Waals surface area (Å²) < 4.78 is 11.4. The molecular weight excluding hydrogens is 242 g/mol. The highest BCUT2D eigenvalue weighted by molar-refractivity contribution is 5.42. The van der Waals surface area contributed by atoms with Crippen LogP contribution in [0, 0.1) is 0 Å². The lowest BCUT2D eigenvalue weighted by Gasteiger charge is -2.12. The number of nitrogens with two attached hydrogens (primary N) is 1. The molecule has 0 atom stereocenters. The highest BCUT2D eigenvalue weighted by Crippen LogP contribution is 2.31. The Morgan fingerprint density at radius 2 is 1.84 bits per heavy atom. The fourth-order valence-electron chi connectivity index (χ4n) is 1.55. The van der Waals surface area contributed by atoms with Gasteiger partial charge in [-0.05, 0) is 18.6 Å². The molecule has 0 bridgehead atoms. The predicted molar refractivity (Wildman–Crippen MR) is 72.2 cm³/mol. The minimum Gasteiger partial charge on any atom is -0.490 e. The first kappa shape index (κ1) is 13.3. The first-order chi connectivity index (χ1) is 9.35. The molecule has 19 heavy (non-hydrogen) atoms. The van der Waals surface area contributed by atoms with Crippen molar-refractivity contribution in [2.75, 3.05) is 6.61 Å². The third-order valence-electron chi connectivity index (χ3n) is 2.45. The minimum absolute atomic E-state index is 0.279. The number of hydrogen-bond donors (Lipinski definition) is 1. The van der Waals surface area contributed by atoms with Crippen LogP contribution in [0.25, 0.3) is 0 Å². The van der Waals surface area contributed by atoms with E-state index < -0.39 is 0 Å². The molecule has 0 saturated carbocycles. The topological polar surface area (TPSA) is 70.3 Å². The molecule has 0 aliphatic carbocycles. The van der Waals surface area contributed by atoms with E-state index >= 15 is 0 Å². The minimum atomic E-state index is 0.279. The zero-order valence-electron chi connectivity index (χ0n) is 10.9. The number of nitrogens with zero attached hydrogens (tertiary/aromatic N) is 2. The van der Waals surface area contributed by atoms with Crippen molar-refractivity contribution in [3.05, 3.63) is 42.4 Å². The molecule has 0 fully saturated rings. The molecule has 2 aromatic rings. The van der Waals surface area contributed by atoms with E-state index in [2.05, 4.69) is 16.9 Å². The number of para-hydroxylation sites is 2. The molecule has 1 aromatic heterocycles. The van der Waals surface area contributed by atoms with E-state index in [9.17, 15) is 0 Å². The van der Waals surface area contributed by atoms with Gasteiger partial charge in [-0.1, -0.05) is 19.1 Å². The van der Waals surface area contributed by atoms with Gasteiger partial charge in [-0.25, -0.2) is 4.98 Å². The van der Waals surface area contributed by atoms with Gasteiger partial charge in [0.2, 0.25) is 5.88 Å². The molecule has 0 saturated heterocycles. The molecule has 0 spiro atoms. The van der Waals surface area contributed by atoms with Crippen molar-refractivity contribution in [2.24, 2.45) is 5.73 Å². The maximum Gasteiger partial charge on any atom is 0.242 e. The third-order valence-corrected chi connectivity index (χ3v) is 2.45. The van der Waals surface area contributed by atoms with E-state index in [0.717, 1.165) is 6.42 Å². The molecule has 5 nitrogen and oxygen atoms in total. The molecule has 0 amide bonds. The molecule has 1 aromatic carbocycles. The second kappa shape index (κ2) is 6.70. The summed E-state index contributed by atoms with van der Waals surface area (Å²) in [6.45, 7) is 2.98. The van der Waals surface area contributed by atoms with Crippen LogP contribution in [-0.2, 0) is 6.54 Å². The van der Waals surface area contributed by atoms with Crippen molar-refractivity contribution in [1.29, 1.82) is 0 Å². The maximum atomic E-state index is 5.75. The predicted octanol–water partition coefficient (Wildman–Crippen LogP) is 2.52. The second-order valence-electron chi connectivity index (χ2n) is 3.91. The summed E-state index contributed by atoms with van der Waals surface area (Å²) in [5.41, 5.74) is 6.23. The van der Waals surface area contributed by atoms with E-state index in [1.165, 1.54) is 0 Å². The van der Waals surface area contributed by atoms with E-state index in [0.29, 0.717) is 29.7 Å². The quantitative estimate of drug-likeness (QED) is 0.863. The van der Waals surface area contributed by atoms with Crippen LogP contribution in [-0.4, -0.2) is 16.6 Å².